The maximum absolute atomic E-state index is 11.7. The van der Waals surface area contributed by atoms with E-state index in [4.69, 9.17) is 5.90 Å². The molecule has 0 saturated carbocycles. The van der Waals surface area contributed by atoms with E-state index in [0.717, 1.165) is 37.3 Å². The van der Waals surface area contributed by atoms with Gasteiger partial charge in [0.1, 0.15) is 0 Å². The first-order chi connectivity index (χ1) is 13.1. The van der Waals surface area contributed by atoms with Gasteiger partial charge in [0.25, 0.3) is 0 Å². The van der Waals surface area contributed by atoms with Gasteiger partial charge in [0, 0.05) is 44.6 Å². The highest BCUT2D eigenvalue weighted by Gasteiger charge is 2.28. The van der Waals surface area contributed by atoms with Gasteiger partial charge in [0.15, 0.2) is 0 Å². The summed E-state index contributed by atoms with van der Waals surface area (Å²) in [7, 11) is 0. The average Bonchev–Trinajstić information content (AvgIpc) is 2.70. The molecule has 1 amide bonds. The molecule has 27 heavy (non-hydrogen) atoms. The number of pyridine rings is 2. The molecule has 1 fully saturated rings. The Morgan fingerprint density at radius 3 is 2.07 bits per heavy atom. The predicted molar refractivity (Wildman–Crippen MR) is 102 cm³/mol. The number of aryl methyl sites for hydroxylation is 2. The molecule has 0 unspecified atom stereocenters. The Balaban J connectivity index is 1.77. The number of carbonyl (C=O) groups excluding carboxylic acids is 1. The van der Waals surface area contributed by atoms with E-state index in [2.05, 4.69) is 45.7 Å². The van der Waals surface area contributed by atoms with Crippen LogP contribution in [0.3, 0.4) is 0 Å². The van der Waals surface area contributed by atoms with E-state index in [1.807, 2.05) is 24.5 Å². The predicted octanol–water partition coefficient (Wildman–Crippen LogP) is 2.57. The summed E-state index contributed by atoms with van der Waals surface area (Å²) in [4.78, 5) is 29.2. The summed E-state index contributed by atoms with van der Waals surface area (Å²) in [5.41, 5.74) is 4.53. The number of likely N-dealkylation sites (tertiary alicyclic amines) is 1. The molecule has 1 aliphatic rings. The number of rotatable bonds is 5. The first-order valence-corrected chi connectivity index (χ1v) is 9.29. The lowest BCUT2D eigenvalue weighted by Crippen LogP contribution is -2.47. The van der Waals surface area contributed by atoms with Crippen molar-refractivity contribution in [1.82, 2.24) is 19.8 Å². The summed E-state index contributed by atoms with van der Waals surface area (Å²) < 4.78 is 0. The number of nitrogens with two attached hydrogens (primary N) is 1. The molecule has 0 aliphatic carbocycles. The van der Waals surface area contributed by atoms with Crippen molar-refractivity contribution in [2.24, 2.45) is 5.90 Å². The van der Waals surface area contributed by atoms with Crippen LogP contribution < -0.4 is 5.90 Å². The molecular weight excluding hydrogens is 342 g/mol. The van der Waals surface area contributed by atoms with Gasteiger partial charge in [-0.05, 0) is 49.9 Å². The van der Waals surface area contributed by atoms with Crippen molar-refractivity contribution in [3.8, 4) is 0 Å². The molecule has 2 aromatic rings. The molecule has 144 valence electrons. The number of hydrogen-bond acceptors (Lipinski definition) is 6. The van der Waals surface area contributed by atoms with Gasteiger partial charge in [-0.3, -0.25) is 14.9 Å². The lowest BCUT2D eigenvalue weighted by atomic mass is 10.0. The molecule has 0 atom stereocenters. The Morgan fingerprint density at radius 1 is 1.11 bits per heavy atom. The Morgan fingerprint density at radius 2 is 1.63 bits per heavy atom. The quantitative estimate of drug-likeness (QED) is 0.816. The number of hydrogen-bond donors (Lipinski definition) is 1. The summed E-state index contributed by atoms with van der Waals surface area (Å²) in [6, 6.07) is 8.44. The van der Waals surface area contributed by atoms with Gasteiger partial charge in [0.2, 0.25) is 0 Å². The fourth-order valence-electron chi connectivity index (χ4n) is 3.55. The van der Waals surface area contributed by atoms with Crippen molar-refractivity contribution in [2.75, 3.05) is 13.1 Å². The van der Waals surface area contributed by atoms with Gasteiger partial charge >= 0.3 is 6.09 Å². The minimum absolute atomic E-state index is 0.342. The zero-order valence-electron chi connectivity index (χ0n) is 16.0. The molecule has 7 nitrogen and oxygen atoms in total. The molecular formula is C20H27N5O2. The van der Waals surface area contributed by atoms with Gasteiger partial charge < -0.3 is 9.74 Å². The molecule has 0 radical (unpaired) electrons. The maximum Gasteiger partial charge on any atom is 0.428 e. The molecule has 3 rings (SSSR count). The minimum Gasteiger partial charge on any atom is -0.357 e. The molecule has 0 spiro atoms. The van der Waals surface area contributed by atoms with Crippen LogP contribution in [0.5, 0.6) is 0 Å². The SMILES string of the molecule is Cc1cccnc1CN(Cc1ncccc1C)C1CCN(C(=O)ON)CC1. The molecule has 1 aliphatic heterocycles. The van der Waals surface area contributed by atoms with E-state index in [0.29, 0.717) is 19.1 Å². The van der Waals surface area contributed by atoms with Crippen molar-refractivity contribution in [3.05, 3.63) is 59.2 Å². The van der Waals surface area contributed by atoms with Crippen LogP contribution in [-0.2, 0) is 17.9 Å². The number of nitrogens with zero attached hydrogens (tertiary/aromatic N) is 4. The highest BCUT2D eigenvalue weighted by molar-refractivity contribution is 5.67. The lowest BCUT2D eigenvalue weighted by molar-refractivity contribution is 0.0663. The van der Waals surface area contributed by atoms with E-state index in [-0.39, 0.29) is 0 Å². The van der Waals surface area contributed by atoms with Crippen LogP contribution in [-0.4, -0.2) is 45.0 Å². The van der Waals surface area contributed by atoms with E-state index < -0.39 is 6.09 Å². The van der Waals surface area contributed by atoms with Crippen LogP contribution in [0.15, 0.2) is 36.7 Å². The Bertz CT molecular complexity index is 727. The monoisotopic (exact) mass is 369 g/mol. The third-order valence-corrected chi connectivity index (χ3v) is 5.28. The number of carbonyl (C=O) groups is 1. The summed E-state index contributed by atoms with van der Waals surface area (Å²) in [5, 5.41) is 0. The number of piperidine rings is 1. The third kappa shape index (κ3) is 4.81. The van der Waals surface area contributed by atoms with E-state index in [9.17, 15) is 4.79 Å². The molecule has 2 N–H and O–H groups in total. The summed E-state index contributed by atoms with van der Waals surface area (Å²) in [6.45, 7) is 6.97. The zero-order valence-corrected chi connectivity index (χ0v) is 16.0. The van der Waals surface area contributed by atoms with E-state index >= 15 is 0 Å². The molecule has 0 bridgehead atoms. The normalized spacial score (nSPS) is 15.2. The zero-order chi connectivity index (χ0) is 19.2. The van der Waals surface area contributed by atoms with Gasteiger partial charge in [-0.25, -0.2) is 4.79 Å². The Hall–Kier alpha value is -2.51. The first kappa shape index (κ1) is 19.3. The lowest BCUT2D eigenvalue weighted by Gasteiger charge is -2.38. The van der Waals surface area contributed by atoms with Crippen LogP contribution in [0, 0.1) is 13.8 Å². The molecule has 7 heteroatoms. The van der Waals surface area contributed by atoms with Gasteiger partial charge in [-0.1, -0.05) is 12.1 Å². The number of aromatic nitrogens is 2. The number of amides is 1. The smallest absolute Gasteiger partial charge is 0.357 e. The van der Waals surface area contributed by atoms with Crippen molar-refractivity contribution < 1.29 is 9.63 Å². The van der Waals surface area contributed by atoms with Crippen LogP contribution in [0.1, 0.15) is 35.4 Å². The molecule has 3 heterocycles. The second-order valence-corrected chi connectivity index (χ2v) is 7.04. The van der Waals surface area contributed by atoms with Gasteiger partial charge in [0.05, 0.1) is 11.4 Å². The average molecular weight is 369 g/mol. The highest BCUT2D eigenvalue weighted by Crippen LogP contribution is 2.22. The highest BCUT2D eigenvalue weighted by atomic mass is 16.7. The van der Waals surface area contributed by atoms with Gasteiger partial charge in [-0.2, -0.15) is 5.90 Å². The second kappa shape index (κ2) is 8.92. The Kier molecular flexibility index (Phi) is 6.36. The van der Waals surface area contributed by atoms with Crippen molar-refractivity contribution in [3.63, 3.8) is 0 Å². The van der Waals surface area contributed by atoms with Crippen molar-refractivity contribution >= 4 is 6.09 Å². The van der Waals surface area contributed by atoms with Crippen LogP contribution in [0.25, 0.3) is 0 Å². The third-order valence-electron chi connectivity index (χ3n) is 5.28. The summed E-state index contributed by atoms with van der Waals surface area (Å²) in [6.07, 6.45) is 4.96. The maximum atomic E-state index is 11.7. The fourth-order valence-corrected chi connectivity index (χ4v) is 3.55. The molecule has 0 aromatic carbocycles. The van der Waals surface area contributed by atoms with Crippen LogP contribution in [0.4, 0.5) is 4.79 Å². The molecule has 2 aromatic heterocycles. The fraction of sp³-hybridized carbons (Fsp3) is 0.450. The van der Waals surface area contributed by atoms with E-state index in [1.54, 1.807) is 4.90 Å². The van der Waals surface area contributed by atoms with Gasteiger partial charge in [-0.15, -0.1) is 0 Å². The van der Waals surface area contributed by atoms with Crippen molar-refractivity contribution in [2.45, 2.75) is 45.8 Å². The minimum atomic E-state index is -0.457. The topological polar surface area (TPSA) is 84.6 Å². The summed E-state index contributed by atoms with van der Waals surface area (Å²) in [5.74, 6) is 5.02. The van der Waals surface area contributed by atoms with Crippen LogP contribution >= 0.6 is 0 Å². The van der Waals surface area contributed by atoms with E-state index in [1.165, 1.54) is 11.1 Å². The van der Waals surface area contributed by atoms with Crippen LogP contribution in [0.2, 0.25) is 0 Å². The first-order valence-electron chi connectivity index (χ1n) is 9.29. The second-order valence-electron chi connectivity index (χ2n) is 7.04. The summed E-state index contributed by atoms with van der Waals surface area (Å²) >= 11 is 0. The largest absolute Gasteiger partial charge is 0.428 e. The Labute approximate surface area is 160 Å². The molecule has 1 saturated heterocycles. The van der Waals surface area contributed by atoms with Crippen molar-refractivity contribution in [1.29, 1.82) is 0 Å². The standard InChI is InChI=1S/C20H27N5O2/c1-15-5-3-9-22-18(15)13-25(14-19-16(2)6-4-10-23-19)17-7-11-24(12-8-17)20(26)27-21/h3-6,9-10,17H,7-8,11-14,21H2,1-2H3.